The fourth-order valence-electron chi connectivity index (χ4n) is 3.04. The highest BCUT2D eigenvalue weighted by molar-refractivity contribution is 5.44. The molecule has 1 aromatic heterocycles. The van der Waals surface area contributed by atoms with Crippen LogP contribution < -0.4 is 27.2 Å². The molecule has 0 saturated carbocycles. The van der Waals surface area contributed by atoms with Gasteiger partial charge in [0, 0.05) is 13.1 Å². The first kappa shape index (κ1) is 22.3. The van der Waals surface area contributed by atoms with E-state index in [9.17, 15) is 0 Å². The normalized spacial score (nSPS) is 10.4. The van der Waals surface area contributed by atoms with E-state index in [2.05, 4.69) is 52.0 Å². The number of benzene rings is 3. The average molecular weight is 437 g/mol. The number of halogens is 1. The van der Waals surface area contributed by atoms with Crippen LogP contribution in [-0.2, 0) is 13.1 Å². The lowest BCUT2D eigenvalue weighted by atomic mass is 10.1. The number of rotatable bonds is 8. The molecule has 160 valence electrons. The highest BCUT2D eigenvalue weighted by Crippen LogP contribution is 2.32. The Morgan fingerprint density at radius 3 is 2.32 bits per heavy atom. The van der Waals surface area contributed by atoms with Crippen molar-refractivity contribution < 1.29 is 21.9 Å². The van der Waals surface area contributed by atoms with Crippen LogP contribution in [0.25, 0.3) is 5.69 Å². The Kier molecular flexibility index (Phi) is 7.59. The van der Waals surface area contributed by atoms with Crippen molar-refractivity contribution >= 4 is 0 Å². The number of aromatic nitrogens is 4. The number of para-hydroxylation sites is 1. The van der Waals surface area contributed by atoms with Gasteiger partial charge in [-0.2, -0.15) is 4.68 Å². The molecule has 8 heteroatoms. The Balaban J connectivity index is 0.00000272. The van der Waals surface area contributed by atoms with E-state index in [1.165, 1.54) is 15.8 Å². The molecule has 0 aliphatic carbocycles. The number of hydrogen-bond donors (Lipinski definition) is 1. The van der Waals surface area contributed by atoms with Gasteiger partial charge in [-0.3, -0.25) is 0 Å². The molecule has 4 rings (SSSR count). The zero-order valence-electron chi connectivity index (χ0n) is 17.3. The average Bonchev–Trinajstić information content (AvgIpc) is 3.25. The van der Waals surface area contributed by atoms with Gasteiger partial charge in [-0.15, -0.1) is 0 Å². The van der Waals surface area contributed by atoms with E-state index < -0.39 is 0 Å². The molecule has 1 heterocycles. The molecule has 1 N–H and O–H groups in total. The van der Waals surface area contributed by atoms with Gasteiger partial charge in [-0.05, 0) is 52.7 Å². The van der Waals surface area contributed by atoms with Crippen molar-refractivity contribution in [1.29, 1.82) is 0 Å². The van der Waals surface area contributed by atoms with Gasteiger partial charge >= 0.3 is 6.01 Å². The molecular formula is C23H23ClN5O2-. The molecule has 4 aromatic rings. The van der Waals surface area contributed by atoms with E-state index in [0.29, 0.717) is 18.0 Å². The lowest BCUT2D eigenvalue weighted by Crippen LogP contribution is -3.00. The topological polar surface area (TPSA) is 74.1 Å². The highest BCUT2D eigenvalue weighted by Gasteiger charge is 2.14. The minimum Gasteiger partial charge on any atom is -1.00 e. The third-order valence-corrected chi connectivity index (χ3v) is 4.65. The quantitative estimate of drug-likeness (QED) is 0.445. The number of aryl methyl sites for hydroxylation is 1. The van der Waals surface area contributed by atoms with E-state index in [0.717, 1.165) is 17.8 Å². The van der Waals surface area contributed by atoms with Crippen LogP contribution in [0, 0.1) is 6.92 Å². The lowest BCUT2D eigenvalue weighted by Gasteiger charge is -2.12. The van der Waals surface area contributed by atoms with Gasteiger partial charge < -0.3 is 27.2 Å². The van der Waals surface area contributed by atoms with Crippen molar-refractivity contribution in [2.75, 3.05) is 7.11 Å². The van der Waals surface area contributed by atoms with Crippen LogP contribution in [0.15, 0.2) is 72.8 Å². The maximum atomic E-state index is 5.95. The molecule has 0 unspecified atom stereocenters. The van der Waals surface area contributed by atoms with Gasteiger partial charge in [0.05, 0.1) is 12.8 Å². The van der Waals surface area contributed by atoms with Gasteiger partial charge in [0.15, 0.2) is 11.5 Å². The van der Waals surface area contributed by atoms with Gasteiger partial charge in [-0.25, -0.2) is 0 Å². The smallest absolute Gasteiger partial charge is 0.346 e. The summed E-state index contributed by atoms with van der Waals surface area (Å²) in [5, 5.41) is 15.2. The van der Waals surface area contributed by atoms with E-state index >= 15 is 0 Å². The minimum atomic E-state index is 0. The van der Waals surface area contributed by atoms with Crippen molar-refractivity contribution in [3.63, 3.8) is 0 Å². The SMILES string of the molecule is COc1cc(CNCc2ccc(C)cc2)ccc1Oc1nnnn1-c1ccccc1.[Cl-]. The number of nitrogens with zero attached hydrogens (tertiary/aromatic N) is 4. The zero-order valence-corrected chi connectivity index (χ0v) is 18.1. The molecule has 0 spiro atoms. The van der Waals surface area contributed by atoms with E-state index in [-0.39, 0.29) is 18.4 Å². The van der Waals surface area contributed by atoms with Gasteiger partial charge in [-0.1, -0.05) is 59.2 Å². The minimum absolute atomic E-state index is 0. The Bertz CT molecular complexity index is 1100. The first-order chi connectivity index (χ1) is 14.7. The number of hydrogen-bond acceptors (Lipinski definition) is 6. The molecule has 0 atom stereocenters. The monoisotopic (exact) mass is 436 g/mol. The Morgan fingerprint density at radius 2 is 1.58 bits per heavy atom. The van der Waals surface area contributed by atoms with Crippen LogP contribution >= 0.6 is 0 Å². The second-order valence-corrected chi connectivity index (χ2v) is 6.89. The largest absolute Gasteiger partial charge is 1.00 e. The predicted molar refractivity (Wildman–Crippen MR) is 114 cm³/mol. The number of ether oxygens (including phenoxy) is 2. The molecule has 0 fully saturated rings. The summed E-state index contributed by atoms with van der Waals surface area (Å²) in [4.78, 5) is 0. The molecule has 0 aliphatic rings. The Labute approximate surface area is 187 Å². The number of nitrogens with one attached hydrogen (secondary N) is 1. The maximum absolute atomic E-state index is 5.95. The highest BCUT2D eigenvalue weighted by atomic mass is 35.5. The summed E-state index contributed by atoms with van der Waals surface area (Å²) in [5.41, 5.74) is 4.42. The van der Waals surface area contributed by atoms with Crippen LogP contribution in [0.4, 0.5) is 0 Å². The Morgan fingerprint density at radius 1 is 0.871 bits per heavy atom. The molecular weight excluding hydrogens is 414 g/mol. The second kappa shape index (κ2) is 10.6. The molecule has 0 amide bonds. The molecule has 3 aromatic carbocycles. The van der Waals surface area contributed by atoms with Crippen molar-refractivity contribution in [2.24, 2.45) is 0 Å². The summed E-state index contributed by atoms with van der Waals surface area (Å²) >= 11 is 0. The molecule has 7 nitrogen and oxygen atoms in total. The third kappa shape index (κ3) is 5.59. The second-order valence-electron chi connectivity index (χ2n) is 6.89. The molecule has 0 bridgehead atoms. The molecule has 0 radical (unpaired) electrons. The van der Waals surface area contributed by atoms with E-state index in [1.807, 2.05) is 48.5 Å². The first-order valence-corrected chi connectivity index (χ1v) is 9.68. The number of tetrazole rings is 1. The fraction of sp³-hybridized carbons (Fsp3) is 0.174. The van der Waals surface area contributed by atoms with Gasteiger partial charge in [0.1, 0.15) is 0 Å². The molecule has 31 heavy (non-hydrogen) atoms. The zero-order chi connectivity index (χ0) is 20.8. The third-order valence-electron chi connectivity index (χ3n) is 4.65. The van der Waals surface area contributed by atoms with Gasteiger partial charge in [0.25, 0.3) is 0 Å². The molecule has 0 aliphatic heterocycles. The Hall–Kier alpha value is -3.42. The fourth-order valence-corrected chi connectivity index (χ4v) is 3.04. The first-order valence-electron chi connectivity index (χ1n) is 9.68. The lowest BCUT2D eigenvalue weighted by molar-refractivity contribution is -0.00000709. The molecule has 0 saturated heterocycles. The summed E-state index contributed by atoms with van der Waals surface area (Å²) in [6, 6.07) is 24.2. The van der Waals surface area contributed by atoms with Crippen molar-refractivity contribution in [1.82, 2.24) is 25.5 Å². The van der Waals surface area contributed by atoms with Crippen molar-refractivity contribution in [3.8, 4) is 23.2 Å². The van der Waals surface area contributed by atoms with Gasteiger partial charge in [0.2, 0.25) is 0 Å². The van der Waals surface area contributed by atoms with Crippen LogP contribution in [0.3, 0.4) is 0 Å². The summed E-state index contributed by atoms with van der Waals surface area (Å²) < 4.78 is 13.0. The maximum Gasteiger partial charge on any atom is 0.346 e. The van der Waals surface area contributed by atoms with E-state index in [4.69, 9.17) is 9.47 Å². The summed E-state index contributed by atoms with van der Waals surface area (Å²) in [6.45, 7) is 3.60. The van der Waals surface area contributed by atoms with Crippen LogP contribution in [0.5, 0.6) is 17.5 Å². The summed E-state index contributed by atoms with van der Waals surface area (Å²) in [6.07, 6.45) is 0. The van der Waals surface area contributed by atoms with E-state index in [1.54, 1.807) is 7.11 Å². The summed E-state index contributed by atoms with van der Waals surface area (Å²) in [5.74, 6) is 1.17. The van der Waals surface area contributed by atoms with Crippen molar-refractivity contribution in [2.45, 2.75) is 20.0 Å². The van der Waals surface area contributed by atoms with Crippen LogP contribution in [0.1, 0.15) is 16.7 Å². The van der Waals surface area contributed by atoms with Crippen LogP contribution in [0.2, 0.25) is 0 Å². The van der Waals surface area contributed by atoms with Crippen molar-refractivity contribution in [3.05, 3.63) is 89.5 Å². The standard InChI is InChI=1S/C23H23N5O2.ClH/c1-17-8-10-18(11-9-17)15-24-16-19-12-13-21(22(14-19)29-2)30-23-25-26-27-28(23)20-6-4-3-5-7-20;/h3-14,24H,15-16H2,1-2H3;1H/p-1. The number of methoxy groups -OCH3 is 1. The van der Waals surface area contributed by atoms with Crippen LogP contribution in [-0.4, -0.2) is 27.3 Å². The predicted octanol–water partition coefficient (Wildman–Crippen LogP) is 1.07. The summed E-state index contributed by atoms with van der Waals surface area (Å²) in [7, 11) is 1.62.